The highest BCUT2D eigenvalue weighted by Gasteiger charge is 2.30. The van der Waals surface area contributed by atoms with E-state index in [0.717, 1.165) is 12.8 Å². The van der Waals surface area contributed by atoms with Crippen molar-refractivity contribution in [1.82, 2.24) is 4.90 Å². The highest BCUT2D eigenvalue weighted by molar-refractivity contribution is 6.34. The first-order valence-electron chi connectivity index (χ1n) is 7.04. The summed E-state index contributed by atoms with van der Waals surface area (Å²) in [5.74, 6) is -0.664. The molecule has 0 radical (unpaired) electrons. The number of piperidine rings is 1. The maximum Gasteiger partial charge on any atom is 0.310 e. The van der Waals surface area contributed by atoms with E-state index in [4.69, 9.17) is 22.1 Å². The molecule has 2 rings (SSSR count). The van der Waals surface area contributed by atoms with Crippen LogP contribution < -0.4 is 5.73 Å². The van der Waals surface area contributed by atoms with Gasteiger partial charge >= 0.3 is 5.97 Å². The number of nitrogen functional groups attached to an aromatic ring is 1. The van der Waals surface area contributed by atoms with E-state index < -0.39 is 0 Å². The van der Waals surface area contributed by atoms with Crippen LogP contribution in [0, 0.1) is 5.92 Å². The third-order valence-electron chi connectivity index (χ3n) is 3.55. The molecule has 2 N–H and O–H groups in total. The Morgan fingerprint density at radius 2 is 2.18 bits per heavy atom. The SMILES string of the molecule is CCOC(=O)C1CCCN(C(=O)c2ccc(N)cc2Cl)C1.Cl. The monoisotopic (exact) mass is 346 g/mol. The van der Waals surface area contributed by atoms with Gasteiger partial charge in [-0.2, -0.15) is 0 Å². The lowest BCUT2D eigenvalue weighted by molar-refractivity contribution is -0.149. The number of nitrogens with zero attached hydrogens (tertiary/aromatic N) is 1. The van der Waals surface area contributed by atoms with Gasteiger partial charge in [-0.15, -0.1) is 12.4 Å². The van der Waals surface area contributed by atoms with E-state index in [1.807, 2.05) is 0 Å². The number of carbonyl (C=O) groups is 2. The van der Waals surface area contributed by atoms with E-state index in [-0.39, 0.29) is 30.2 Å². The molecule has 1 fully saturated rings. The van der Waals surface area contributed by atoms with Gasteiger partial charge in [0.1, 0.15) is 0 Å². The summed E-state index contributed by atoms with van der Waals surface area (Å²) in [5, 5.41) is 0.332. The highest BCUT2D eigenvalue weighted by atomic mass is 35.5. The van der Waals surface area contributed by atoms with E-state index >= 15 is 0 Å². The van der Waals surface area contributed by atoms with Crippen LogP contribution >= 0.6 is 24.0 Å². The average Bonchev–Trinajstić information content (AvgIpc) is 2.47. The second kappa shape index (κ2) is 8.25. The van der Waals surface area contributed by atoms with Crippen LogP contribution in [0.3, 0.4) is 0 Å². The van der Waals surface area contributed by atoms with Crippen molar-refractivity contribution in [3.05, 3.63) is 28.8 Å². The van der Waals surface area contributed by atoms with Crippen LogP contribution in [0.25, 0.3) is 0 Å². The molecule has 1 aliphatic rings. The van der Waals surface area contributed by atoms with E-state index in [1.165, 1.54) is 0 Å². The molecule has 0 bridgehead atoms. The van der Waals surface area contributed by atoms with E-state index in [0.29, 0.717) is 36.0 Å². The number of anilines is 1. The third kappa shape index (κ3) is 4.27. The number of nitrogens with two attached hydrogens (primary N) is 1. The molecule has 0 aliphatic carbocycles. The smallest absolute Gasteiger partial charge is 0.310 e. The molecule has 0 saturated carbocycles. The van der Waals surface area contributed by atoms with Crippen LogP contribution in [0.1, 0.15) is 30.1 Å². The van der Waals surface area contributed by atoms with Crippen LogP contribution in [0.4, 0.5) is 5.69 Å². The number of esters is 1. The van der Waals surface area contributed by atoms with Gasteiger partial charge in [0.2, 0.25) is 0 Å². The molecule has 1 amide bonds. The number of likely N-dealkylation sites (tertiary alicyclic amines) is 1. The molecule has 1 atom stereocenters. The zero-order valence-corrected chi connectivity index (χ0v) is 14.0. The second-order valence-corrected chi connectivity index (χ2v) is 5.49. The van der Waals surface area contributed by atoms with Crippen molar-refractivity contribution < 1.29 is 14.3 Å². The summed E-state index contributed by atoms with van der Waals surface area (Å²) in [6.07, 6.45) is 1.53. The zero-order valence-electron chi connectivity index (χ0n) is 12.4. The molecule has 1 aromatic carbocycles. The van der Waals surface area contributed by atoms with Gasteiger partial charge in [-0.3, -0.25) is 9.59 Å². The third-order valence-corrected chi connectivity index (χ3v) is 3.86. The Hall–Kier alpha value is -1.46. The summed E-state index contributed by atoms with van der Waals surface area (Å²) in [4.78, 5) is 26.0. The standard InChI is InChI=1S/C15H19ClN2O3.ClH/c1-2-21-15(20)10-4-3-7-18(9-10)14(19)12-6-5-11(17)8-13(12)16;/h5-6,8,10H,2-4,7,9,17H2,1H3;1H. The molecule has 1 heterocycles. The zero-order chi connectivity index (χ0) is 15.4. The Kier molecular flexibility index (Phi) is 6.97. The first-order valence-corrected chi connectivity index (χ1v) is 7.41. The Morgan fingerprint density at radius 3 is 2.82 bits per heavy atom. The molecule has 5 nitrogen and oxygen atoms in total. The summed E-state index contributed by atoms with van der Waals surface area (Å²) in [6, 6.07) is 4.82. The van der Waals surface area contributed by atoms with Crippen molar-refractivity contribution in [2.75, 3.05) is 25.4 Å². The number of benzene rings is 1. The molecule has 22 heavy (non-hydrogen) atoms. The van der Waals surface area contributed by atoms with Gasteiger partial charge in [0.15, 0.2) is 0 Å². The lowest BCUT2D eigenvalue weighted by atomic mass is 9.97. The number of hydrogen-bond acceptors (Lipinski definition) is 4. The molecule has 1 unspecified atom stereocenters. The number of halogens is 2. The largest absolute Gasteiger partial charge is 0.466 e. The normalized spacial score (nSPS) is 17.5. The van der Waals surface area contributed by atoms with Crippen molar-refractivity contribution in [3.63, 3.8) is 0 Å². The van der Waals surface area contributed by atoms with Gasteiger partial charge in [-0.1, -0.05) is 11.6 Å². The van der Waals surface area contributed by atoms with Crippen LogP contribution in [-0.2, 0) is 9.53 Å². The maximum atomic E-state index is 12.5. The fraction of sp³-hybridized carbons (Fsp3) is 0.467. The molecule has 7 heteroatoms. The van der Waals surface area contributed by atoms with Crippen molar-refractivity contribution >= 4 is 41.6 Å². The van der Waals surface area contributed by atoms with Crippen molar-refractivity contribution in [2.45, 2.75) is 19.8 Å². The Morgan fingerprint density at radius 1 is 1.45 bits per heavy atom. The molecular formula is C15H20Cl2N2O3. The molecule has 1 aromatic rings. The molecule has 122 valence electrons. The van der Waals surface area contributed by atoms with E-state index in [1.54, 1.807) is 30.0 Å². The molecular weight excluding hydrogens is 327 g/mol. The minimum atomic E-state index is -0.254. The maximum absolute atomic E-state index is 12.5. The molecule has 1 saturated heterocycles. The van der Waals surface area contributed by atoms with Crippen LogP contribution in [0.2, 0.25) is 5.02 Å². The number of amides is 1. The number of rotatable bonds is 3. The quantitative estimate of drug-likeness (QED) is 0.674. The predicted octanol–water partition coefficient (Wildman–Crippen LogP) is 2.76. The summed E-state index contributed by atoms with van der Waals surface area (Å²) >= 11 is 6.07. The minimum Gasteiger partial charge on any atom is -0.466 e. The van der Waals surface area contributed by atoms with Gasteiger partial charge in [0, 0.05) is 18.8 Å². The predicted molar refractivity (Wildman–Crippen MR) is 88.4 cm³/mol. The lowest BCUT2D eigenvalue weighted by Crippen LogP contribution is -2.42. The fourth-order valence-corrected chi connectivity index (χ4v) is 2.76. The molecule has 1 aliphatic heterocycles. The minimum absolute atomic E-state index is 0. The van der Waals surface area contributed by atoms with Gasteiger partial charge < -0.3 is 15.4 Å². The summed E-state index contributed by atoms with van der Waals surface area (Å²) in [7, 11) is 0. The van der Waals surface area contributed by atoms with Crippen LogP contribution in [-0.4, -0.2) is 36.5 Å². The lowest BCUT2D eigenvalue weighted by Gasteiger charge is -2.31. The fourth-order valence-electron chi connectivity index (χ4n) is 2.49. The van der Waals surface area contributed by atoms with Gasteiger partial charge in [-0.25, -0.2) is 0 Å². The van der Waals surface area contributed by atoms with E-state index in [9.17, 15) is 9.59 Å². The Balaban J connectivity index is 0.00000242. The summed E-state index contributed by atoms with van der Waals surface area (Å²) in [5.41, 5.74) is 6.56. The van der Waals surface area contributed by atoms with Crippen molar-refractivity contribution in [2.24, 2.45) is 5.92 Å². The number of hydrogen-bond donors (Lipinski definition) is 1. The van der Waals surface area contributed by atoms with Gasteiger partial charge in [0.25, 0.3) is 5.91 Å². The number of ether oxygens (including phenoxy) is 1. The van der Waals surface area contributed by atoms with Gasteiger partial charge in [-0.05, 0) is 38.0 Å². The Bertz CT molecular complexity index is 552. The Labute approximate surface area is 141 Å². The molecule has 0 aromatic heterocycles. The molecule has 0 spiro atoms. The topological polar surface area (TPSA) is 72.6 Å². The second-order valence-electron chi connectivity index (χ2n) is 5.08. The summed E-state index contributed by atoms with van der Waals surface area (Å²) < 4.78 is 5.04. The number of carbonyl (C=O) groups excluding carboxylic acids is 2. The van der Waals surface area contributed by atoms with E-state index in [2.05, 4.69) is 0 Å². The summed E-state index contributed by atoms with van der Waals surface area (Å²) in [6.45, 7) is 3.12. The van der Waals surface area contributed by atoms with Crippen LogP contribution in [0.15, 0.2) is 18.2 Å². The van der Waals surface area contributed by atoms with Crippen LogP contribution in [0.5, 0.6) is 0 Å². The average molecular weight is 347 g/mol. The first kappa shape index (κ1) is 18.6. The van der Waals surface area contributed by atoms with Crippen molar-refractivity contribution in [3.8, 4) is 0 Å². The highest BCUT2D eigenvalue weighted by Crippen LogP contribution is 2.24. The van der Waals surface area contributed by atoms with Gasteiger partial charge in [0.05, 0.1) is 23.1 Å². The van der Waals surface area contributed by atoms with Crippen molar-refractivity contribution in [1.29, 1.82) is 0 Å². The first-order chi connectivity index (χ1) is 10.0.